The Balaban J connectivity index is 0.00000300. The second-order valence-electron chi connectivity index (χ2n) is 7.42. The van der Waals surface area contributed by atoms with Crippen LogP contribution in [0.15, 0.2) is 52.5 Å². The minimum Gasteiger partial charge on any atom is -0.493 e. The second kappa shape index (κ2) is 12.3. The Labute approximate surface area is 189 Å². The average Bonchev–Trinajstić information content (AvgIpc) is 2.72. The van der Waals surface area contributed by atoms with Gasteiger partial charge in [-0.25, -0.2) is 0 Å². The number of allylic oxidation sites excluding steroid dienone is 1. The largest absolute Gasteiger partial charge is 0.493 e. The summed E-state index contributed by atoms with van der Waals surface area (Å²) in [7, 11) is 1.69. The van der Waals surface area contributed by atoms with E-state index in [1.807, 2.05) is 0 Å². The minimum atomic E-state index is 0. The summed E-state index contributed by atoms with van der Waals surface area (Å²) in [5.41, 5.74) is 5.18. The van der Waals surface area contributed by atoms with Gasteiger partial charge in [-0.3, -0.25) is 0 Å². The standard InChI is InChI=1S/C24H30BrNO2.ClH/c1-18-8-10-20(11-9-18)17-28-24-22(25)14-21(15-23(24)27-2)16-26-13-12-19-6-4-3-5-7-19;/h6,8-11,14-15,26H,3-5,7,12-13,16-17H2,1-2H3;1H. The Kier molecular flexibility index (Phi) is 10.1. The number of rotatable bonds is 9. The van der Waals surface area contributed by atoms with Gasteiger partial charge in [0, 0.05) is 6.54 Å². The van der Waals surface area contributed by atoms with Crippen LogP contribution in [0.25, 0.3) is 0 Å². The van der Waals surface area contributed by atoms with Crippen molar-refractivity contribution in [3.8, 4) is 11.5 Å². The van der Waals surface area contributed by atoms with E-state index < -0.39 is 0 Å². The summed E-state index contributed by atoms with van der Waals surface area (Å²) < 4.78 is 12.6. The van der Waals surface area contributed by atoms with Crippen LogP contribution in [0.3, 0.4) is 0 Å². The molecule has 0 fully saturated rings. The summed E-state index contributed by atoms with van der Waals surface area (Å²) in [6, 6.07) is 12.6. The molecule has 29 heavy (non-hydrogen) atoms. The molecule has 0 atom stereocenters. The molecule has 0 spiro atoms. The molecule has 1 aliphatic rings. The van der Waals surface area contributed by atoms with Crippen molar-refractivity contribution in [1.82, 2.24) is 5.32 Å². The van der Waals surface area contributed by atoms with Crippen molar-refractivity contribution in [2.24, 2.45) is 0 Å². The SMILES string of the molecule is COc1cc(CNCCC2=CCCCC2)cc(Br)c1OCc1ccc(C)cc1.Cl. The van der Waals surface area contributed by atoms with Crippen LogP contribution in [0.5, 0.6) is 11.5 Å². The van der Waals surface area contributed by atoms with Crippen molar-refractivity contribution in [2.75, 3.05) is 13.7 Å². The van der Waals surface area contributed by atoms with Gasteiger partial charge in [0.25, 0.3) is 0 Å². The summed E-state index contributed by atoms with van der Waals surface area (Å²) in [6.07, 6.45) is 8.79. The van der Waals surface area contributed by atoms with Crippen LogP contribution in [-0.2, 0) is 13.2 Å². The minimum absolute atomic E-state index is 0. The van der Waals surface area contributed by atoms with Crippen molar-refractivity contribution in [3.63, 3.8) is 0 Å². The van der Waals surface area contributed by atoms with E-state index in [9.17, 15) is 0 Å². The number of nitrogens with one attached hydrogen (secondary N) is 1. The van der Waals surface area contributed by atoms with E-state index in [0.29, 0.717) is 6.61 Å². The lowest BCUT2D eigenvalue weighted by molar-refractivity contribution is 0.282. The molecule has 0 heterocycles. The number of methoxy groups -OCH3 is 1. The first-order valence-corrected chi connectivity index (χ1v) is 10.9. The number of benzene rings is 2. The predicted octanol–water partition coefficient (Wildman–Crippen LogP) is 6.75. The molecule has 0 saturated heterocycles. The van der Waals surface area contributed by atoms with Crippen molar-refractivity contribution in [3.05, 3.63) is 69.2 Å². The molecule has 0 saturated carbocycles. The van der Waals surface area contributed by atoms with Crippen molar-refractivity contribution in [2.45, 2.75) is 52.2 Å². The third-order valence-corrected chi connectivity index (χ3v) is 5.72. The zero-order valence-electron chi connectivity index (χ0n) is 17.3. The van der Waals surface area contributed by atoms with Crippen LogP contribution in [0.4, 0.5) is 0 Å². The van der Waals surface area contributed by atoms with E-state index in [-0.39, 0.29) is 12.4 Å². The maximum absolute atomic E-state index is 6.04. The van der Waals surface area contributed by atoms with Crippen LogP contribution >= 0.6 is 28.3 Å². The van der Waals surface area contributed by atoms with Gasteiger partial charge in [0.15, 0.2) is 11.5 Å². The van der Waals surface area contributed by atoms with Gasteiger partial charge in [-0.15, -0.1) is 12.4 Å². The lowest BCUT2D eigenvalue weighted by Crippen LogP contribution is -2.16. The fraction of sp³-hybridized carbons (Fsp3) is 0.417. The highest BCUT2D eigenvalue weighted by molar-refractivity contribution is 9.10. The van der Waals surface area contributed by atoms with Gasteiger partial charge in [0.05, 0.1) is 11.6 Å². The fourth-order valence-corrected chi connectivity index (χ4v) is 4.07. The monoisotopic (exact) mass is 479 g/mol. The third-order valence-electron chi connectivity index (χ3n) is 5.13. The first-order valence-electron chi connectivity index (χ1n) is 10.1. The van der Waals surface area contributed by atoms with Crippen LogP contribution in [0, 0.1) is 6.92 Å². The van der Waals surface area contributed by atoms with E-state index >= 15 is 0 Å². The molecule has 1 aliphatic carbocycles. The molecule has 5 heteroatoms. The summed E-state index contributed by atoms with van der Waals surface area (Å²) in [5, 5.41) is 3.55. The van der Waals surface area contributed by atoms with E-state index in [1.54, 1.807) is 12.7 Å². The van der Waals surface area contributed by atoms with Crippen LogP contribution in [-0.4, -0.2) is 13.7 Å². The van der Waals surface area contributed by atoms with Crippen LogP contribution in [0.1, 0.15) is 48.8 Å². The number of halogens is 2. The zero-order chi connectivity index (χ0) is 19.8. The molecule has 0 unspecified atom stereocenters. The molecule has 158 valence electrons. The van der Waals surface area contributed by atoms with Gasteiger partial charge in [0.2, 0.25) is 0 Å². The molecule has 3 rings (SSSR count). The lowest BCUT2D eigenvalue weighted by Gasteiger charge is -2.16. The average molecular weight is 481 g/mol. The van der Waals surface area contributed by atoms with Crippen molar-refractivity contribution >= 4 is 28.3 Å². The fourth-order valence-electron chi connectivity index (χ4n) is 3.47. The summed E-state index contributed by atoms with van der Waals surface area (Å²) >= 11 is 3.65. The molecule has 0 amide bonds. The Morgan fingerprint density at radius 2 is 1.86 bits per heavy atom. The molecule has 2 aromatic rings. The highest BCUT2D eigenvalue weighted by atomic mass is 79.9. The molecule has 0 bridgehead atoms. The number of ether oxygens (including phenoxy) is 2. The number of hydrogen-bond acceptors (Lipinski definition) is 3. The molecule has 0 radical (unpaired) electrons. The quantitative estimate of drug-likeness (QED) is 0.318. The first kappa shape index (κ1) is 23.8. The van der Waals surface area contributed by atoms with Crippen LogP contribution < -0.4 is 14.8 Å². The van der Waals surface area contributed by atoms with Crippen LogP contribution in [0.2, 0.25) is 0 Å². The highest BCUT2D eigenvalue weighted by Gasteiger charge is 2.12. The summed E-state index contributed by atoms with van der Waals surface area (Å²) in [5.74, 6) is 1.51. The van der Waals surface area contributed by atoms with Gasteiger partial charge in [-0.05, 0) is 84.8 Å². The Bertz CT molecular complexity index is 805. The van der Waals surface area contributed by atoms with Gasteiger partial charge in [0.1, 0.15) is 6.61 Å². The smallest absolute Gasteiger partial charge is 0.175 e. The Hall–Kier alpha value is -1.49. The Morgan fingerprint density at radius 1 is 1.07 bits per heavy atom. The van der Waals surface area contributed by atoms with Gasteiger partial charge in [-0.2, -0.15) is 0 Å². The van der Waals surface area contributed by atoms with Crippen molar-refractivity contribution < 1.29 is 9.47 Å². The molecule has 0 aromatic heterocycles. The predicted molar refractivity (Wildman–Crippen MR) is 126 cm³/mol. The van der Waals surface area contributed by atoms with Gasteiger partial charge >= 0.3 is 0 Å². The molecule has 0 aliphatic heterocycles. The summed E-state index contributed by atoms with van der Waals surface area (Å²) in [4.78, 5) is 0. The van der Waals surface area contributed by atoms with E-state index in [0.717, 1.165) is 41.0 Å². The Morgan fingerprint density at radius 3 is 2.55 bits per heavy atom. The molecular formula is C24H31BrClNO2. The normalized spacial score (nSPS) is 13.4. The van der Waals surface area contributed by atoms with Gasteiger partial charge < -0.3 is 14.8 Å². The topological polar surface area (TPSA) is 30.5 Å². The third kappa shape index (κ3) is 7.36. The maximum atomic E-state index is 6.04. The van der Waals surface area contributed by atoms with E-state index in [4.69, 9.17) is 9.47 Å². The molecule has 2 aromatic carbocycles. The molecule has 3 nitrogen and oxygen atoms in total. The zero-order valence-corrected chi connectivity index (χ0v) is 19.7. The first-order chi connectivity index (χ1) is 13.7. The maximum Gasteiger partial charge on any atom is 0.175 e. The van der Waals surface area contributed by atoms with E-state index in [1.165, 1.54) is 36.8 Å². The lowest BCUT2D eigenvalue weighted by atomic mass is 9.97. The van der Waals surface area contributed by atoms with Gasteiger partial charge in [-0.1, -0.05) is 41.5 Å². The number of hydrogen-bond donors (Lipinski definition) is 1. The van der Waals surface area contributed by atoms with Crippen molar-refractivity contribution in [1.29, 1.82) is 0 Å². The summed E-state index contributed by atoms with van der Waals surface area (Å²) in [6.45, 7) is 4.43. The molecular weight excluding hydrogens is 450 g/mol. The second-order valence-corrected chi connectivity index (χ2v) is 8.27. The highest BCUT2D eigenvalue weighted by Crippen LogP contribution is 2.37. The van der Waals surface area contributed by atoms with E-state index in [2.05, 4.69) is 70.6 Å². The number of aryl methyl sites for hydroxylation is 1. The molecule has 1 N–H and O–H groups in total.